The van der Waals surface area contributed by atoms with E-state index in [4.69, 9.17) is 21.5 Å². The number of carbonyl (C=O) groups excluding carboxylic acids is 1. The number of nitrogens with one attached hydrogen (secondary N) is 2. The number of sulfone groups is 1. The third kappa shape index (κ3) is 8.83. The average molecular weight is 603 g/mol. The third-order valence-electron chi connectivity index (χ3n) is 5.81. The number of carboxylic acid groups (broad SMARTS) is 1. The molecule has 7 nitrogen and oxygen atoms in total. The second kappa shape index (κ2) is 13.0. The van der Waals surface area contributed by atoms with E-state index in [0.29, 0.717) is 5.56 Å². The monoisotopic (exact) mass is 602 g/mol. The summed E-state index contributed by atoms with van der Waals surface area (Å²) in [5.41, 5.74) is -0.698. The first-order chi connectivity index (χ1) is 18.0. The van der Waals surface area contributed by atoms with Gasteiger partial charge in [0.1, 0.15) is 0 Å². The Bertz CT molecular complexity index is 1260. The molecule has 1 heterocycles. The van der Waals surface area contributed by atoms with E-state index in [1.54, 1.807) is 19.1 Å². The van der Waals surface area contributed by atoms with E-state index in [2.05, 4.69) is 10.6 Å². The van der Waals surface area contributed by atoms with Gasteiger partial charge in [-0.05, 0) is 49.2 Å². The van der Waals surface area contributed by atoms with Gasteiger partial charge < -0.3 is 15.7 Å². The molecule has 1 aliphatic heterocycles. The minimum absolute atomic E-state index is 0.0370. The number of amides is 1. The molecule has 2 unspecified atom stereocenters. The van der Waals surface area contributed by atoms with Crippen LogP contribution in [0, 0.1) is 0 Å². The summed E-state index contributed by atoms with van der Waals surface area (Å²) < 4.78 is 95.5. The summed E-state index contributed by atoms with van der Waals surface area (Å²) in [6.45, 7) is 2.29. The highest BCUT2D eigenvalue weighted by atomic mass is 35.5. The normalized spacial score (nSPS) is 17.0. The number of benzene rings is 2. The van der Waals surface area contributed by atoms with Crippen molar-refractivity contribution in [3.8, 4) is 0 Å². The molecule has 15 heteroatoms. The first-order valence-electron chi connectivity index (χ1n) is 11.5. The Morgan fingerprint density at radius 1 is 1.08 bits per heavy atom. The van der Waals surface area contributed by atoms with Crippen molar-refractivity contribution in [3.05, 3.63) is 64.2 Å². The summed E-state index contributed by atoms with van der Waals surface area (Å²) in [7, 11) is -3.38. The lowest BCUT2D eigenvalue weighted by Crippen LogP contribution is -2.46. The summed E-state index contributed by atoms with van der Waals surface area (Å²) in [4.78, 5) is 22.0. The van der Waals surface area contributed by atoms with Crippen molar-refractivity contribution in [1.82, 2.24) is 10.6 Å². The van der Waals surface area contributed by atoms with Crippen molar-refractivity contribution < 1.29 is 49.5 Å². The Labute approximate surface area is 225 Å². The SMILES string of the molecule is CCS(=O)(=O)c1ccc(C(NC(=O)c2cccc(C(F)(F)F)c2Cl)C2CCCCN2)cc1.O=C(O)C(F)(F)F. The number of carbonyl (C=O) groups is 2. The summed E-state index contributed by atoms with van der Waals surface area (Å²) in [5.74, 6) is -3.53. The fourth-order valence-electron chi connectivity index (χ4n) is 3.77. The molecule has 2 aromatic rings. The quantitative estimate of drug-likeness (QED) is 0.382. The molecule has 0 aromatic heterocycles. The van der Waals surface area contributed by atoms with Crippen molar-refractivity contribution in [2.24, 2.45) is 0 Å². The summed E-state index contributed by atoms with van der Waals surface area (Å²) >= 11 is 5.93. The number of hydrogen-bond donors (Lipinski definition) is 3. The van der Waals surface area contributed by atoms with E-state index < -0.39 is 50.7 Å². The Morgan fingerprint density at radius 3 is 2.13 bits per heavy atom. The van der Waals surface area contributed by atoms with E-state index in [9.17, 15) is 39.6 Å². The Kier molecular flexibility index (Phi) is 10.8. The van der Waals surface area contributed by atoms with E-state index in [1.165, 1.54) is 18.2 Å². The van der Waals surface area contributed by atoms with E-state index in [0.717, 1.165) is 37.9 Å². The second-order valence-electron chi connectivity index (χ2n) is 8.45. The molecule has 2 atom stereocenters. The zero-order valence-electron chi connectivity index (χ0n) is 20.4. The maximum Gasteiger partial charge on any atom is 0.490 e. The largest absolute Gasteiger partial charge is 0.490 e. The number of carboxylic acids is 1. The molecule has 3 rings (SSSR count). The predicted octanol–water partition coefficient (Wildman–Crippen LogP) is 5.40. The lowest BCUT2D eigenvalue weighted by Gasteiger charge is -2.32. The van der Waals surface area contributed by atoms with Gasteiger partial charge in [0.05, 0.1) is 32.8 Å². The van der Waals surface area contributed by atoms with Crippen LogP contribution in [0.4, 0.5) is 26.3 Å². The molecular weight excluding hydrogens is 578 g/mol. The van der Waals surface area contributed by atoms with Gasteiger partial charge in [0.2, 0.25) is 0 Å². The van der Waals surface area contributed by atoms with Gasteiger partial charge in [-0.25, -0.2) is 13.2 Å². The van der Waals surface area contributed by atoms with Gasteiger partial charge >= 0.3 is 18.3 Å². The van der Waals surface area contributed by atoms with Crippen LogP contribution in [0.25, 0.3) is 0 Å². The van der Waals surface area contributed by atoms with Crippen molar-refractivity contribution in [2.45, 2.75) is 55.5 Å². The summed E-state index contributed by atoms with van der Waals surface area (Å²) in [5, 5.41) is 12.6. The molecule has 0 aliphatic carbocycles. The molecular formula is C24H25ClF6N2O5S. The van der Waals surface area contributed by atoms with Crippen LogP contribution in [0.2, 0.25) is 5.02 Å². The molecule has 1 aliphatic rings. The zero-order valence-corrected chi connectivity index (χ0v) is 21.9. The molecule has 2 aromatic carbocycles. The number of aliphatic carboxylic acids is 1. The molecule has 0 spiro atoms. The summed E-state index contributed by atoms with van der Waals surface area (Å²) in [6.07, 6.45) is -7.12. The molecule has 1 saturated heterocycles. The van der Waals surface area contributed by atoms with Gasteiger partial charge in [0, 0.05) is 6.04 Å². The fraction of sp³-hybridized carbons (Fsp3) is 0.417. The van der Waals surface area contributed by atoms with Crippen LogP contribution < -0.4 is 10.6 Å². The van der Waals surface area contributed by atoms with E-state index in [1.807, 2.05) is 0 Å². The van der Waals surface area contributed by atoms with Crippen LogP contribution in [0.5, 0.6) is 0 Å². The Morgan fingerprint density at radius 2 is 1.67 bits per heavy atom. The van der Waals surface area contributed by atoms with Crippen molar-refractivity contribution in [1.29, 1.82) is 0 Å². The average Bonchev–Trinajstić information content (AvgIpc) is 2.87. The topological polar surface area (TPSA) is 113 Å². The highest BCUT2D eigenvalue weighted by Gasteiger charge is 2.38. The maximum atomic E-state index is 13.2. The van der Waals surface area contributed by atoms with Gasteiger partial charge in [-0.15, -0.1) is 0 Å². The smallest absolute Gasteiger partial charge is 0.475 e. The van der Waals surface area contributed by atoms with Crippen molar-refractivity contribution in [2.75, 3.05) is 12.3 Å². The minimum atomic E-state index is -5.08. The minimum Gasteiger partial charge on any atom is -0.475 e. The molecule has 0 bridgehead atoms. The zero-order chi connectivity index (χ0) is 29.6. The number of piperidine rings is 1. The van der Waals surface area contributed by atoms with Gasteiger partial charge in [0.25, 0.3) is 5.91 Å². The van der Waals surface area contributed by atoms with Crippen molar-refractivity contribution >= 4 is 33.3 Å². The van der Waals surface area contributed by atoms with Crippen molar-refractivity contribution in [3.63, 3.8) is 0 Å². The molecule has 3 N–H and O–H groups in total. The van der Waals surface area contributed by atoms with E-state index in [-0.39, 0.29) is 22.3 Å². The molecule has 1 amide bonds. The van der Waals surface area contributed by atoms with Crippen LogP contribution in [0.1, 0.15) is 53.7 Å². The Hall–Kier alpha value is -2.84. The molecule has 0 saturated carbocycles. The maximum absolute atomic E-state index is 13.2. The number of rotatable bonds is 6. The van der Waals surface area contributed by atoms with Crippen LogP contribution in [-0.4, -0.2) is 49.9 Å². The number of alkyl halides is 6. The van der Waals surface area contributed by atoms with Gasteiger partial charge in [0.15, 0.2) is 9.84 Å². The lowest BCUT2D eigenvalue weighted by molar-refractivity contribution is -0.192. The number of halogens is 7. The standard InChI is InChI=1S/C22H24ClF3N2O3S.C2HF3O2/c1-2-32(30,31)15-11-9-14(10-12-15)20(18-8-3-4-13-27-18)28-21(29)16-6-5-7-17(19(16)23)22(24,25)26;3-2(4,5)1(6)7/h5-7,9-12,18,20,27H,2-4,8,13H2,1H3,(H,28,29);(H,6,7). The first-order valence-corrected chi connectivity index (χ1v) is 13.5. The fourth-order valence-corrected chi connectivity index (χ4v) is 4.98. The third-order valence-corrected chi connectivity index (χ3v) is 7.96. The first kappa shape index (κ1) is 32.4. The van der Waals surface area contributed by atoms with Gasteiger partial charge in [-0.1, -0.05) is 43.1 Å². The highest BCUT2D eigenvalue weighted by Crippen LogP contribution is 2.36. The molecule has 1 fully saturated rings. The molecule has 39 heavy (non-hydrogen) atoms. The molecule has 0 radical (unpaired) electrons. The van der Waals surface area contributed by atoms with Crippen LogP contribution in [-0.2, 0) is 20.8 Å². The van der Waals surface area contributed by atoms with Gasteiger partial charge in [-0.2, -0.15) is 26.3 Å². The Balaban J connectivity index is 0.000000673. The van der Waals surface area contributed by atoms with Crippen LogP contribution in [0.15, 0.2) is 47.4 Å². The van der Waals surface area contributed by atoms with E-state index >= 15 is 0 Å². The molecule has 216 valence electrons. The summed E-state index contributed by atoms with van der Waals surface area (Å²) in [6, 6.07) is 8.68. The van der Waals surface area contributed by atoms with Gasteiger partial charge in [-0.3, -0.25) is 4.79 Å². The van der Waals surface area contributed by atoms with Crippen LogP contribution in [0.3, 0.4) is 0 Å². The number of hydrogen-bond acceptors (Lipinski definition) is 5. The second-order valence-corrected chi connectivity index (χ2v) is 11.1. The lowest BCUT2D eigenvalue weighted by atomic mass is 9.92. The highest BCUT2D eigenvalue weighted by molar-refractivity contribution is 7.91. The van der Waals surface area contributed by atoms with Crippen LogP contribution >= 0.6 is 11.6 Å². The predicted molar refractivity (Wildman–Crippen MR) is 130 cm³/mol.